The second-order valence-electron chi connectivity index (χ2n) is 3.79. The molecule has 0 aliphatic heterocycles. The summed E-state index contributed by atoms with van der Waals surface area (Å²) in [5.74, 6) is 0. The minimum absolute atomic E-state index is 0.150. The van der Waals surface area contributed by atoms with E-state index in [0.29, 0.717) is 0 Å². The fourth-order valence-corrected chi connectivity index (χ4v) is 1.03. The molecule has 0 radical (unpaired) electrons. The zero-order chi connectivity index (χ0) is 9.78. The lowest BCUT2D eigenvalue weighted by Crippen LogP contribution is -2.45. The largest absolute Gasteiger partial charge is 0.453 e. The molecule has 0 aromatic heterocycles. The van der Waals surface area contributed by atoms with Gasteiger partial charge in [0.2, 0.25) is 0 Å². The van der Waals surface area contributed by atoms with Gasteiger partial charge in [0, 0.05) is 12.1 Å². The molecule has 72 valence electrons. The van der Waals surface area contributed by atoms with Gasteiger partial charge in [-0.25, -0.2) is 4.79 Å². The maximum absolute atomic E-state index is 11.3. The molecule has 1 amide bonds. The highest BCUT2D eigenvalue weighted by Gasteiger charge is 2.25. The maximum Gasteiger partial charge on any atom is 0.409 e. The van der Waals surface area contributed by atoms with E-state index in [1.165, 1.54) is 7.11 Å². The molecule has 0 aliphatic carbocycles. The lowest BCUT2D eigenvalue weighted by Gasteiger charge is -2.33. The van der Waals surface area contributed by atoms with E-state index in [1.807, 2.05) is 27.7 Å². The third kappa shape index (κ3) is 3.11. The first-order valence-electron chi connectivity index (χ1n) is 4.29. The van der Waals surface area contributed by atoms with Crippen molar-refractivity contribution in [2.45, 2.75) is 39.7 Å². The van der Waals surface area contributed by atoms with Crippen LogP contribution in [-0.2, 0) is 4.74 Å². The van der Waals surface area contributed by atoms with Crippen molar-refractivity contribution in [3.05, 3.63) is 0 Å². The Morgan fingerprint density at radius 1 is 1.42 bits per heavy atom. The van der Waals surface area contributed by atoms with Gasteiger partial charge in [-0.15, -0.1) is 0 Å². The number of carbonyl (C=O) groups is 1. The van der Waals surface area contributed by atoms with Crippen LogP contribution in [0.1, 0.15) is 34.1 Å². The van der Waals surface area contributed by atoms with E-state index < -0.39 is 0 Å². The van der Waals surface area contributed by atoms with Crippen molar-refractivity contribution in [1.29, 1.82) is 0 Å². The summed E-state index contributed by atoms with van der Waals surface area (Å²) >= 11 is 0. The third-order valence-corrected chi connectivity index (χ3v) is 1.65. The van der Waals surface area contributed by atoms with Gasteiger partial charge in [-0.3, -0.25) is 0 Å². The van der Waals surface area contributed by atoms with E-state index in [1.54, 1.807) is 4.90 Å². The highest BCUT2D eigenvalue weighted by molar-refractivity contribution is 5.68. The first kappa shape index (κ1) is 11.3. The van der Waals surface area contributed by atoms with Gasteiger partial charge in [0.25, 0.3) is 0 Å². The van der Waals surface area contributed by atoms with E-state index >= 15 is 0 Å². The highest BCUT2D eigenvalue weighted by atomic mass is 16.5. The summed E-state index contributed by atoms with van der Waals surface area (Å²) in [7, 11) is 1.41. The minimum atomic E-state index is -0.246. The minimum Gasteiger partial charge on any atom is -0.453 e. The number of rotatable bonds is 2. The van der Waals surface area contributed by atoms with Crippen LogP contribution in [0, 0.1) is 0 Å². The summed E-state index contributed by atoms with van der Waals surface area (Å²) in [6.07, 6.45) is 0.705. The molecule has 0 rings (SSSR count). The molecule has 0 heterocycles. The van der Waals surface area contributed by atoms with Gasteiger partial charge in [0.05, 0.1) is 7.11 Å². The van der Waals surface area contributed by atoms with Crippen molar-refractivity contribution in [2.24, 2.45) is 0 Å². The number of methoxy groups -OCH3 is 1. The summed E-state index contributed by atoms with van der Waals surface area (Å²) in [5, 5.41) is 0. The fourth-order valence-electron chi connectivity index (χ4n) is 1.03. The molecule has 3 heteroatoms. The summed E-state index contributed by atoms with van der Waals surface area (Å²) in [6.45, 7) is 8.79. The van der Waals surface area contributed by atoms with Crippen LogP contribution in [0.4, 0.5) is 4.79 Å². The zero-order valence-electron chi connectivity index (χ0n) is 8.68. The Hall–Kier alpha value is -0.730. The zero-order valence-corrected chi connectivity index (χ0v) is 8.68. The van der Waals surface area contributed by atoms with Gasteiger partial charge >= 0.3 is 6.09 Å². The number of carbonyl (C=O) groups excluding carboxylic acids is 1. The average molecular weight is 173 g/mol. The van der Waals surface area contributed by atoms with Crippen molar-refractivity contribution in [1.82, 2.24) is 4.90 Å². The number of hydrogen-bond acceptors (Lipinski definition) is 2. The van der Waals surface area contributed by atoms with Gasteiger partial charge in [-0.1, -0.05) is 6.92 Å². The smallest absolute Gasteiger partial charge is 0.409 e. The molecular formula is C9H19NO2. The molecule has 0 unspecified atom stereocenters. The second kappa shape index (κ2) is 4.33. The van der Waals surface area contributed by atoms with Gasteiger partial charge in [-0.05, 0) is 27.2 Å². The molecular weight excluding hydrogens is 154 g/mol. The summed E-state index contributed by atoms with van der Waals surface area (Å²) in [6, 6.07) is 0. The molecule has 0 atom stereocenters. The van der Waals surface area contributed by atoms with Crippen molar-refractivity contribution >= 4 is 6.09 Å². The van der Waals surface area contributed by atoms with E-state index in [2.05, 4.69) is 4.74 Å². The van der Waals surface area contributed by atoms with Crippen LogP contribution in [0.5, 0.6) is 0 Å². The molecule has 0 aromatic carbocycles. The predicted octanol–water partition coefficient (Wildman–Crippen LogP) is 2.26. The average Bonchev–Trinajstić information content (AvgIpc) is 1.96. The van der Waals surface area contributed by atoms with E-state index in [4.69, 9.17) is 0 Å². The fraction of sp³-hybridized carbons (Fsp3) is 0.889. The third-order valence-electron chi connectivity index (χ3n) is 1.65. The van der Waals surface area contributed by atoms with Crippen LogP contribution in [0.15, 0.2) is 0 Å². The van der Waals surface area contributed by atoms with Crippen LogP contribution in [-0.4, -0.2) is 30.2 Å². The summed E-state index contributed by atoms with van der Waals surface area (Å²) in [4.78, 5) is 13.0. The highest BCUT2D eigenvalue weighted by Crippen LogP contribution is 2.14. The lowest BCUT2D eigenvalue weighted by atomic mass is 10.1. The topological polar surface area (TPSA) is 29.5 Å². The van der Waals surface area contributed by atoms with Crippen molar-refractivity contribution < 1.29 is 9.53 Å². The standard InChI is InChI=1S/C9H19NO2/c1-6-7-10(8(11)12-5)9(2,3)4/h6-7H2,1-5H3. The molecule has 0 N–H and O–H groups in total. The van der Waals surface area contributed by atoms with Crippen LogP contribution in [0.3, 0.4) is 0 Å². The summed E-state index contributed by atoms with van der Waals surface area (Å²) < 4.78 is 4.68. The van der Waals surface area contributed by atoms with Crippen LogP contribution < -0.4 is 0 Å². The molecule has 3 nitrogen and oxygen atoms in total. The van der Waals surface area contributed by atoms with Crippen LogP contribution in [0.25, 0.3) is 0 Å². The molecule has 0 aromatic rings. The van der Waals surface area contributed by atoms with E-state index in [0.717, 1.165) is 13.0 Å². The predicted molar refractivity (Wildman–Crippen MR) is 49.2 cm³/mol. The van der Waals surface area contributed by atoms with Crippen LogP contribution >= 0.6 is 0 Å². The number of amides is 1. The Balaban J connectivity index is 4.33. The van der Waals surface area contributed by atoms with Gasteiger partial charge < -0.3 is 9.64 Å². The second-order valence-corrected chi connectivity index (χ2v) is 3.79. The molecule has 12 heavy (non-hydrogen) atoms. The maximum atomic E-state index is 11.3. The van der Waals surface area contributed by atoms with Gasteiger partial charge in [0.1, 0.15) is 0 Å². The molecule has 0 saturated carbocycles. The van der Waals surface area contributed by atoms with Crippen LogP contribution in [0.2, 0.25) is 0 Å². The Bertz CT molecular complexity index is 149. The number of hydrogen-bond donors (Lipinski definition) is 0. The Labute approximate surface area is 74.7 Å². The van der Waals surface area contributed by atoms with Gasteiger partial charge in [0.15, 0.2) is 0 Å². The van der Waals surface area contributed by atoms with Crippen molar-refractivity contribution in [2.75, 3.05) is 13.7 Å². The molecule has 0 bridgehead atoms. The number of nitrogens with zero attached hydrogens (tertiary/aromatic N) is 1. The summed E-state index contributed by atoms with van der Waals surface area (Å²) in [5.41, 5.74) is -0.150. The van der Waals surface area contributed by atoms with E-state index in [9.17, 15) is 4.79 Å². The SMILES string of the molecule is CCCN(C(=O)OC)C(C)(C)C. The first-order chi connectivity index (χ1) is 5.43. The van der Waals surface area contributed by atoms with E-state index in [-0.39, 0.29) is 11.6 Å². The molecule has 0 spiro atoms. The molecule has 0 saturated heterocycles. The molecule has 0 aliphatic rings. The first-order valence-corrected chi connectivity index (χ1v) is 4.29. The number of ether oxygens (including phenoxy) is 1. The van der Waals surface area contributed by atoms with Gasteiger partial charge in [-0.2, -0.15) is 0 Å². The Morgan fingerprint density at radius 2 is 1.92 bits per heavy atom. The van der Waals surface area contributed by atoms with Crippen molar-refractivity contribution in [3.63, 3.8) is 0 Å². The van der Waals surface area contributed by atoms with Crippen molar-refractivity contribution in [3.8, 4) is 0 Å². The Morgan fingerprint density at radius 3 is 2.17 bits per heavy atom. The quantitative estimate of drug-likeness (QED) is 0.641. The monoisotopic (exact) mass is 173 g/mol. The lowest BCUT2D eigenvalue weighted by molar-refractivity contribution is 0.0838. The normalized spacial score (nSPS) is 11.1. The molecule has 0 fully saturated rings. The Kier molecular flexibility index (Phi) is 4.07.